The normalized spacial score (nSPS) is 10.7. The second kappa shape index (κ2) is 5.72. The smallest absolute Gasteiger partial charge is 0.226 e. The highest BCUT2D eigenvalue weighted by atomic mass is 127. The van der Waals surface area contributed by atoms with E-state index in [0.29, 0.717) is 13.0 Å². The maximum atomic E-state index is 11.9. The average molecular weight is 373 g/mol. The summed E-state index contributed by atoms with van der Waals surface area (Å²) >= 11 is 2.23. The number of nitrogens with zero attached hydrogens (tertiary/aromatic N) is 4. The van der Waals surface area contributed by atoms with Gasteiger partial charge in [0.15, 0.2) is 0 Å². The molecule has 0 bridgehead atoms. The second-order valence-corrected chi connectivity index (χ2v) is 5.53. The fraction of sp³-hybridized carbons (Fsp3) is 0.417. The number of aryl methyl sites for hydroxylation is 2. The average Bonchev–Trinajstić information content (AvgIpc) is 2.86. The van der Waals surface area contributed by atoms with Gasteiger partial charge in [-0.15, -0.1) is 0 Å². The molecule has 2 aromatic heterocycles. The van der Waals surface area contributed by atoms with Crippen molar-refractivity contribution in [1.29, 1.82) is 0 Å². The Morgan fingerprint density at radius 2 is 2.05 bits per heavy atom. The van der Waals surface area contributed by atoms with Gasteiger partial charge >= 0.3 is 0 Å². The third-order valence-electron chi connectivity index (χ3n) is 3.10. The van der Waals surface area contributed by atoms with Crippen LogP contribution in [0.2, 0.25) is 0 Å². The predicted molar refractivity (Wildman–Crippen MR) is 80.9 cm³/mol. The van der Waals surface area contributed by atoms with Gasteiger partial charge in [-0.3, -0.25) is 14.2 Å². The van der Waals surface area contributed by atoms with Crippen LogP contribution < -0.4 is 5.32 Å². The van der Waals surface area contributed by atoms with Crippen LogP contribution in [0, 0.1) is 17.4 Å². The lowest BCUT2D eigenvalue weighted by atomic mass is 10.3. The number of hydrogen-bond donors (Lipinski definition) is 1. The Hall–Kier alpha value is -1.38. The number of amides is 1. The fourth-order valence-corrected chi connectivity index (χ4v) is 2.09. The van der Waals surface area contributed by atoms with Crippen LogP contribution in [-0.4, -0.2) is 25.5 Å². The minimum Gasteiger partial charge on any atom is -0.323 e. The predicted octanol–water partition coefficient (Wildman–Crippen LogP) is 1.87. The number of aromatic nitrogens is 4. The SMILES string of the molecule is Cc1c(NC(=O)CCn2ncc(I)c2C)cnn1C. The molecule has 0 aliphatic carbocycles. The number of halogens is 1. The van der Waals surface area contributed by atoms with Gasteiger partial charge in [0.1, 0.15) is 0 Å². The lowest BCUT2D eigenvalue weighted by Crippen LogP contribution is -2.16. The van der Waals surface area contributed by atoms with Gasteiger partial charge in [-0.2, -0.15) is 10.2 Å². The molecule has 0 aliphatic heterocycles. The molecule has 6 nitrogen and oxygen atoms in total. The molecular weight excluding hydrogens is 357 g/mol. The van der Waals surface area contributed by atoms with Gasteiger partial charge < -0.3 is 5.32 Å². The summed E-state index contributed by atoms with van der Waals surface area (Å²) in [6.45, 7) is 4.50. The molecule has 1 amide bonds. The standard InChI is InChI=1S/C12H16IN5O/c1-8-10(13)6-15-18(8)5-4-12(19)16-11-7-14-17(3)9(11)2/h6-7H,4-5H2,1-3H3,(H,16,19). The van der Waals surface area contributed by atoms with Crippen molar-refractivity contribution in [2.45, 2.75) is 26.8 Å². The van der Waals surface area contributed by atoms with E-state index in [1.54, 1.807) is 17.1 Å². The van der Waals surface area contributed by atoms with Crippen molar-refractivity contribution in [3.63, 3.8) is 0 Å². The Balaban J connectivity index is 1.92. The highest BCUT2D eigenvalue weighted by Gasteiger charge is 2.09. The molecule has 102 valence electrons. The van der Waals surface area contributed by atoms with Crippen LogP contribution in [0.25, 0.3) is 0 Å². The number of carbonyl (C=O) groups is 1. The highest BCUT2D eigenvalue weighted by Crippen LogP contribution is 2.13. The maximum absolute atomic E-state index is 11.9. The van der Waals surface area contributed by atoms with Gasteiger partial charge in [0, 0.05) is 19.2 Å². The van der Waals surface area contributed by atoms with Gasteiger partial charge in [-0.05, 0) is 36.4 Å². The molecule has 0 atom stereocenters. The summed E-state index contributed by atoms with van der Waals surface area (Å²) in [5, 5.41) is 11.2. The van der Waals surface area contributed by atoms with Crippen LogP contribution in [0.1, 0.15) is 17.8 Å². The van der Waals surface area contributed by atoms with E-state index in [1.807, 2.05) is 25.6 Å². The van der Waals surface area contributed by atoms with Crippen molar-refractivity contribution < 1.29 is 4.79 Å². The van der Waals surface area contributed by atoms with Crippen molar-refractivity contribution in [2.75, 3.05) is 5.32 Å². The molecule has 0 aromatic carbocycles. The van der Waals surface area contributed by atoms with E-state index in [4.69, 9.17) is 0 Å². The Morgan fingerprint density at radius 3 is 2.58 bits per heavy atom. The quantitative estimate of drug-likeness (QED) is 0.833. The van der Waals surface area contributed by atoms with E-state index >= 15 is 0 Å². The molecular formula is C12H16IN5O. The van der Waals surface area contributed by atoms with Crippen molar-refractivity contribution in [3.05, 3.63) is 27.4 Å². The number of nitrogens with one attached hydrogen (secondary N) is 1. The molecule has 0 aliphatic rings. The minimum absolute atomic E-state index is 0.0268. The summed E-state index contributed by atoms with van der Waals surface area (Å²) < 4.78 is 4.69. The molecule has 19 heavy (non-hydrogen) atoms. The first kappa shape index (κ1) is 14.0. The topological polar surface area (TPSA) is 64.7 Å². The van der Waals surface area contributed by atoms with E-state index in [2.05, 4.69) is 38.1 Å². The lowest BCUT2D eigenvalue weighted by molar-refractivity contribution is -0.116. The monoisotopic (exact) mass is 373 g/mol. The molecule has 0 unspecified atom stereocenters. The van der Waals surface area contributed by atoms with Crippen molar-refractivity contribution in [1.82, 2.24) is 19.6 Å². The number of hydrogen-bond acceptors (Lipinski definition) is 3. The van der Waals surface area contributed by atoms with Gasteiger partial charge in [0.2, 0.25) is 5.91 Å². The number of carbonyl (C=O) groups excluding carboxylic acids is 1. The van der Waals surface area contributed by atoms with E-state index in [-0.39, 0.29) is 5.91 Å². The summed E-state index contributed by atoms with van der Waals surface area (Å²) in [6.07, 6.45) is 3.86. The summed E-state index contributed by atoms with van der Waals surface area (Å²) in [7, 11) is 1.85. The molecule has 7 heteroatoms. The molecule has 0 saturated heterocycles. The van der Waals surface area contributed by atoms with Gasteiger partial charge in [-0.1, -0.05) is 0 Å². The van der Waals surface area contributed by atoms with Crippen molar-refractivity contribution >= 4 is 34.2 Å². The molecule has 0 radical (unpaired) electrons. The summed E-state index contributed by atoms with van der Waals surface area (Å²) in [6, 6.07) is 0. The summed E-state index contributed by atoms with van der Waals surface area (Å²) in [5.74, 6) is -0.0268. The first-order chi connectivity index (χ1) is 8.99. The highest BCUT2D eigenvalue weighted by molar-refractivity contribution is 14.1. The number of rotatable bonds is 4. The van der Waals surface area contributed by atoms with E-state index in [1.165, 1.54) is 0 Å². The maximum Gasteiger partial charge on any atom is 0.226 e. The first-order valence-corrected chi connectivity index (χ1v) is 7.03. The summed E-state index contributed by atoms with van der Waals surface area (Å²) in [4.78, 5) is 11.9. The molecule has 2 aromatic rings. The van der Waals surface area contributed by atoms with Crippen LogP contribution in [-0.2, 0) is 18.4 Å². The van der Waals surface area contributed by atoms with E-state index in [0.717, 1.165) is 20.6 Å². The Kier molecular flexibility index (Phi) is 4.23. The third kappa shape index (κ3) is 3.14. The van der Waals surface area contributed by atoms with Crippen molar-refractivity contribution in [2.24, 2.45) is 7.05 Å². The Labute approximate surface area is 125 Å². The van der Waals surface area contributed by atoms with E-state index in [9.17, 15) is 4.79 Å². The molecule has 0 fully saturated rings. The van der Waals surface area contributed by atoms with Crippen LogP contribution in [0.3, 0.4) is 0 Å². The zero-order chi connectivity index (χ0) is 14.0. The Bertz CT molecular complexity index is 601. The summed E-state index contributed by atoms with van der Waals surface area (Å²) in [5.41, 5.74) is 2.79. The van der Waals surface area contributed by atoms with Crippen LogP contribution in [0.15, 0.2) is 12.4 Å². The lowest BCUT2D eigenvalue weighted by Gasteiger charge is -2.06. The molecule has 1 N–H and O–H groups in total. The zero-order valence-electron chi connectivity index (χ0n) is 11.1. The first-order valence-electron chi connectivity index (χ1n) is 5.95. The minimum atomic E-state index is -0.0268. The zero-order valence-corrected chi connectivity index (χ0v) is 13.3. The van der Waals surface area contributed by atoms with Gasteiger partial charge in [-0.25, -0.2) is 0 Å². The molecule has 0 saturated carbocycles. The van der Waals surface area contributed by atoms with Crippen LogP contribution in [0.4, 0.5) is 5.69 Å². The molecule has 2 heterocycles. The molecule has 2 rings (SSSR count). The molecule has 0 spiro atoms. The fourth-order valence-electron chi connectivity index (χ4n) is 1.69. The van der Waals surface area contributed by atoms with Gasteiger partial charge in [0.25, 0.3) is 0 Å². The third-order valence-corrected chi connectivity index (χ3v) is 4.16. The second-order valence-electron chi connectivity index (χ2n) is 4.37. The van der Waals surface area contributed by atoms with Crippen LogP contribution >= 0.6 is 22.6 Å². The van der Waals surface area contributed by atoms with Crippen molar-refractivity contribution in [3.8, 4) is 0 Å². The largest absolute Gasteiger partial charge is 0.323 e. The van der Waals surface area contributed by atoms with Crippen LogP contribution in [0.5, 0.6) is 0 Å². The van der Waals surface area contributed by atoms with E-state index < -0.39 is 0 Å². The Morgan fingerprint density at radius 1 is 1.32 bits per heavy atom. The van der Waals surface area contributed by atoms with Gasteiger partial charge in [0.05, 0.1) is 33.9 Å². The number of anilines is 1.